The largest absolute Gasteiger partial charge is 0.298 e. The molecule has 2 aromatic carbocycles. The van der Waals surface area contributed by atoms with Crippen molar-refractivity contribution in [2.75, 3.05) is 7.05 Å². The first kappa shape index (κ1) is 21.4. The summed E-state index contributed by atoms with van der Waals surface area (Å²) < 4.78 is 13.8. The van der Waals surface area contributed by atoms with Crippen LogP contribution in [0.3, 0.4) is 0 Å². The van der Waals surface area contributed by atoms with Crippen molar-refractivity contribution in [3.8, 4) is 0 Å². The summed E-state index contributed by atoms with van der Waals surface area (Å²) in [4.78, 5) is 2.24. The van der Waals surface area contributed by atoms with Crippen LogP contribution in [0.4, 0.5) is 4.39 Å². The molecule has 0 aromatic heterocycles. The van der Waals surface area contributed by atoms with E-state index in [4.69, 9.17) is 0 Å². The molecule has 0 bridgehead atoms. The van der Waals surface area contributed by atoms with Crippen LogP contribution in [-0.4, -0.2) is 11.9 Å². The fourth-order valence-corrected chi connectivity index (χ4v) is 2.79. The Morgan fingerprint density at radius 1 is 1.00 bits per heavy atom. The Kier molecular flexibility index (Phi) is 7.40. The van der Waals surface area contributed by atoms with Gasteiger partial charge in [-0.25, -0.2) is 4.39 Å². The van der Waals surface area contributed by atoms with E-state index >= 15 is 0 Å². The van der Waals surface area contributed by atoms with E-state index < -0.39 is 0 Å². The second-order valence-electron chi connectivity index (χ2n) is 7.71. The molecule has 0 atom stereocenters. The first-order valence-electron chi connectivity index (χ1n) is 8.39. The first-order valence-corrected chi connectivity index (χ1v) is 8.39. The van der Waals surface area contributed by atoms with Crippen LogP contribution >= 0.6 is 12.4 Å². The third kappa shape index (κ3) is 5.98. The van der Waals surface area contributed by atoms with E-state index in [1.807, 2.05) is 19.1 Å². The van der Waals surface area contributed by atoms with E-state index in [9.17, 15) is 4.39 Å². The van der Waals surface area contributed by atoms with Gasteiger partial charge in [-0.15, -0.1) is 12.4 Å². The summed E-state index contributed by atoms with van der Waals surface area (Å²) in [5.41, 5.74) is 5.28. The molecule has 0 aliphatic heterocycles. The summed E-state index contributed by atoms with van der Waals surface area (Å²) in [6.45, 7) is 14.0. The molecule has 0 amide bonds. The molecule has 0 aliphatic carbocycles. The molecule has 0 unspecified atom stereocenters. The van der Waals surface area contributed by atoms with Crippen molar-refractivity contribution < 1.29 is 4.39 Å². The number of nitrogens with zero attached hydrogens (tertiary/aromatic N) is 1. The van der Waals surface area contributed by atoms with Crippen LogP contribution in [0.2, 0.25) is 0 Å². The summed E-state index contributed by atoms with van der Waals surface area (Å²) in [6.07, 6.45) is 0. The number of allylic oxidation sites excluding steroid dienone is 1. The minimum Gasteiger partial charge on any atom is -0.298 e. The Bertz CT molecular complexity index is 714. The number of hydrogen-bond acceptors (Lipinski definition) is 1. The molecule has 0 radical (unpaired) electrons. The van der Waals surface area contributed by atoms with Crippen LogP contribution in [0.5, 0.6) is 0 Å². The van der Waals surface area contributed by atoms with E-state index in [2.05, 4.69) is 63.6 Å². The molecule has 25 heavy (non-hydrogen) atoms. The van der Waals surface area contributed by atoms with Gasteiger partial charge < -0.3 is 0 Å². The van der Waals surface area contributed by atoms with Gasteiger partial charge in [0.05, 0.1) is 0 Å². The zero-order valence-electron chi connectivity index (χ0n) is 15.9. The van der Waals surface area contributed by atoms with E-state index in [0.29, 0.717) is 5.56 Å². The van der Waals surface area contributed by atoms with E-state index in [-0.39, 0.29) is 23.6 Å². The van der Waals surface area contributed by atoms with Crippen molar-refractivity contribution in [3.05, 3.63) is 77.1 Å². The van der Waals surface area contributed by atoms with Crippen LogP contribution in [0.15, 0.2) is 49.0 Å². The van der Waals surface area contributed by atoms with Crippen molar-refractivity contribution in [2.45, 2.75) is 46.2 Å². The average Bonchev–Trinajstić information content (AvgIpc) is 2.48. The lowest BCUT2D eigenvalue weighted by Gasteiger charge is -2.21. The van der Waals surface area contributed by atoms with Crippen LogP contribution in [0.25, 0.3) is 5.57 Å². The van der Waals surface area contributed by atoms with Gasteiger partial charge in [-0.3, -0.25) is 4.90 Å². The van der Waals surface area contributed by atoms with E-state index in [1.165, 1.54) is 17.2 Å². The molecular formula is C22H29ClFN. The third-order valence-electron chi connectivity index (χ3n) is 4.22. The number of halogens is 2. The summed E-state index contributed by atoms with van der Waals surface area (Å²) in [7, 11) is 2.08. The van der Waals surface area contributed by atoms with Gasteiger partial charge in [-0.2, -0.15) is 0 Å². The van der Waals surface area contributed by atoms with E-state index in [1.54, 1.807) is 0 Å². The molecule has 2 aromatic rings. The highest BCUT2D eigenvalue weighted by molar-refractivity contribution is 5.85. The second-order valence-corrected chi connectivity index (χ2v) is 7.71. The zero-order chi connectivity index (χ0) is 17.9. The van der Waals surface area contributed by atoms with Crippen LogP contribution in [0.1, 0.15) is 49.9 Å². The lowest BCUT2D eigenvalue weighted by atomic mass is 9.87. The number of rotatable bonds is 5. The standard InChI is InChI=1S/C22H28FN.ClH/c1-16(2)20-13-18(9-12-21(20)23)15-24(6)14-17-7-10-19(11-8-17)22(3,4)5;/h7-13H,1,14-15H2,2-6H3;1H. The maximum Gasteiger partial charge on any atom is 0.130 e. The lowest BCUT2D eigenvalue weighted by Crippen LogP contribution is -2.18. The highest BCUT2D eigenvalue weighted by Crippen LogP contribution is 2.23. The van der Waals surface area contributed by atoms with Crippen LogP contribution in [-0.2, 0) is 18.5 Å². The highest BCUT2D eigenvalue weighted by Gasteiger charge is 2.13. The summed E-state index contributed by atoms with van der Waals surface area (Å²) >= 11 is 0. The molecular weight excluding hydrogens is 333 g/mol. The van der Waals surface area contributed by atoms with Gasteiger partial charge in [0.25, 0.3) is 0 Å². The Hall–Kier alpha value is -1.64. The van der Waals surface area contributed by atoms with Crippen molar-refractivity contribution >= 4 is 18.0 Å². The fraction of sp³-hybridized carbons (Fsp3) is 0.364. The Balaban J connectivity index is 0.00000312. The SMILES string of the molecule is C=C(C)c1cc(CN(C)Cc2ccc(C(C)(C)C)cc2)ccc1F.Cl. The quantitative estimate of drug-likeness (QED) is 0.611. The van der Waals surface area contributed by atoms with Gasteiger partial charge >= 0.3 is 0 Å². The minimum atomic E-state index is -0.202. The van der Waals surface area contributed by atoms with Gasteiger partial charge in [0, 0.05) is 18.7 Å². The van der Waals surface area contributed by atoms with E-state index in [0.717, 1.165) is 24.2 Å². The lowest BCUT2D eigenvalue weighted by molar-refractivity contribution is 0.319. The number of benzene rings is 2. The monoisotopic (exact) mass is 361 g/mol. The average molecular weight is 362 g/mol. The Labute approximate surface area is 158 Å². The van der Waals surface area contributed by atoms with Gasteiger partial charge in [0.15, 0.2) is 0 Å². The smallest absolute Gasteiger partial charge is 0.130 e. The maximum absolute atomic E-state index is 13.8. The molecule has 136 valence electrons. The maximum atomic E-state index is 13.8. The van der Waals surface area contributed by atoms with Gasteiger partial charge in [0.1, 0.15) is 5.82 Å². The van der Waals surface area contributed by atoms with Gasteiger partial charge in [-0.05, 0) is 53.8 Å². The third-order valence-corrected chi connectivity index (χ3v) is 4.22. The molecule has 0 N–H and O–H groups in total. The topological polar surface area (TPSA) is 3.24 Å². The number of hydrogen-bond donors (Lipinski definition) is 0. The molecule has 0 heterocycles. The van der Waals surface area contributed by atoms with Gasteiger partial charge in [-0.1, -0.05) is 57.7 Å². The molecule has 0 spiro atoms. The predicted molar refractivity (Wildman–Crippen MR) is 109 cm³/mol. The molecule has 2 rings (SSSR count). The molecule has 1 nitrogen and oxygen atoms in total. The predicted octanol–water partition coefficient (Wildman–Crippen LogP) is 6.21. The summed E-state index contributed by atoms with van der Waals surface area (Å²) in [5, 5.41) is 0. The van der Waals surface area contributed by atoms with Crippen molar-refractivity contribution in [2.24, 2.45) is 0 Å². The fourth-order valence-electron chi connectivity index (χ4n) is 2.79. The molecule has 0 saturated heterocycles. The zero-order valence-corrected chi connectivity index (χ0v) is 16.7. The normalized spacial score (nSPS) is 11.3. The minimum absolute atomic E-state index is 0. The van der Waals surface area contributed by atoms with Crippen molar-refractivity contribution in [1.29, 1.82) is 0 Å². The van der Waals surface area contributed by atoms with Crippen LogP contribution in [0, 0.1) is 5.82 Å². The van der Waals surface area contributed by atoms with Crippen molar-refractivity contribution in [3.63, 3.8) is 0 Å². The Morgan fingerprint density at radius 3 is 2.04 bits per heavy atom. The molecule has 0 aliphatic rings. The molecule has 3 heteroatoms. The second kappa shape index (κ2) is 8.64. The first-order chi connectivity index (χ1) is 11.2. The molecule has 0 saturated carbocycles. The summed E-state index contributed by atoms with van der Waals surface area (Å²) in [6, 6.07) is 14.1. The van der Waals surface area contributed by atoms with Crippen LogP contribution < -0.4 is 0 Å². The van der Waals surface area contributed by atoms with Gasteiger partial charge in [0.2, 0.25) is 0 Å². The van der Waals surface area contributed by atoms with Crippen molar-refractivity contribution in [1.82, 2.24) is 4.90 Å². The molecule has 0 fully saturated rings. The highest BCUT2D eigenvalue weighted by atomic mass is 35.5. The summed E-state index contributed by atoms with van der Waals surface area (Å²) in [5.74, 6) is -0.202. The Morgan fingerprint density at radius 2 is 1.52 bits per heavy atom.